The number of alkyl halides is 1. The first-order valence-corrected chi connectivity index (χ1v) is 6.64. The predicted octanol–water partition coefficient (Wildman–Crippen LogP) is 4.95. The van der Waals surface area contributed by atoms with Crippen LogP contribution in [0.15, 0.2) is 12.1 Å². The molecule has 0 N–H and O–H groups in total. The van der Waals surface area contributed by atoms with Crippen molar-refractivity contribution in [2.24, 2.45) is 0 Å². The van der Waals surface area contributed by atoms with Gasteiger partial charge in [0.15, 0.2) is 0 Å². The van der Waals surface area contributed by atoms with Crippen LogP contribution in [0, 0.1) is 0 Å². The molecule has 0 aliphatic carbocycles. The van der Waals surface area contributed by atoms with E-state index in [0.29, 0.717) is 22.5 Å². The molecule has 1 rings (SSSR count). The molecule has 0 amide bonds. The van der Waals surface area contributed by atoms with Gasteiger partial charge in [0.25, 0.3) is 0 Å². The molecule has 1 aromatic rings. The number of rotatable bonds is 6. The average molecular weight is 282 g/mol. The largest absolute Gasteiger partial charge is 0.492 e. The Morgan fingerprint density at radius 1 is 1.25 bits per heavy atom. The van der Waals surface area contributed by atoms with Gasteiger partial charge in [0, 0.05) is 10.9 Å². The number of hydrogen-bond donors (Lipinski definition) is 0. The van der Waals surface area contributed by atoms with Crippen molar-refractivity contribution in [3.63, 3.8) is 0 Å². The molecule has 0 heterocycles. The zero-order chi connectivity index (χ0) is 12.0. The minimum absolute atomic E-state index is 0.575. The maximum Gasteiger partial charge on any atom is 0.141 e. The summed E-state index contributed by atoms with van der Waals surface area (Å²) in [4.78, 5) is 0. The lowest BCUT2D eigenvalue weighted by molar-refractivity contribution is 0.314. The third-order valence-corrected chi connectivity index (χ3v) is 2.88. The zero-order valence-electron chi connectivity index (χ0n) is 9.23. The Kier molecular flexibility index (Phi) is 6.33. The van der Waals surface area contributed by atoms with Gasteiger partial charge in [-0.05, 0) is 37.0 Å². The van der Waals surface area contributed by atoms with E-state index in [1.807, 2.05) is 6.07 Å². The van der Waals surface area contributed by atoms with E-state index in [1.54, 1.807) is 6.07 Å². The monoisotopic (exact) mass is 280 g/mol. The van der Waals surface area contributed by atoms with Crippen LogP contribution in [0.2, 0.25) is 10.0 Å². The van der Waals surface area contributed by atoms with Crippen molar-refractivity contribution >= 4 is 34.8 Å². The fraction of sp³-hybridized carbons (Fsp3) is 0.500. The van der Waals surface area contributed by atoms with Gasteiger partial charge >= 0.3 is 0 Å². The summed E-state index contributed by atoms with van der Waals surface area (Å²) in [5, 5.41) is 1.21. The van der Waals surface area contributed by atoms with Crippen molar-refractivity contribution < 1.29 is 4.74 Å². The summed E-state index contributed by atoms with van der Waals surface area (Å²) in [5.41, 5.74) is 1.03. The highest BCUT2D eigenvalue weighted by atomic mass is 35.5. The average Bonchev–Trinajstić information content (AvgIpc) is 2.24. The van der Waals surface area contributed by atoms with Crippen molar-refractivity contribution in [2.45, 2.75) is 26.2 Å². The fourth-order valence-electron chi connectivity index (χ4n) is 1.42. The van der Waals surface area contributed by atoms with Crippen LogP contribution in [-0.2, 0) is 6.42 Å². The second-order valence-electron chi connectivity index (χ2n) is 3.52. The standard InChI is InChI=1S/C12H15Cl3O/c1-2-6-16-12-9(4-3-5-13)7-10(14)8-11(12)15/h7-8H,2-6H2,1H3. The highest BCUT2D eigenvalue weighted by Crippen LogP contribution is 2.33. The van der Waals surface area contributed by atoms with Gasteiger partial charge in [0.1, 0.15) is 5.75 Å². The molecule has 1 aromatic carbocycles. The van der Waals surface area contributed by atoms with E-state index >= 15 is 0 Å². The van der Waals surface area contributed by atoms with Crippen LogP contribution >= 0.6 is 34.8 Å². The predicted molar refractivity (Wildman–Crippen MR) is 71.3 cm³/mol. The van der Waals surface area contributed by atoms with E-state index < -0.39 is 0 Å². The van der Waals surface area contributed by atoms with E-state index in [2.05, 4.69) is 6.92 Å². The molecular formula is C12H15Cl3O. The summed E-state index contributed by atoms with van der Waals surface area (Å²) in [5.74, 6) is 1.37. The highest BCUT2D eigenvalue weighted by Gasteiger charge is 2.10. The Morgan fingerprint density at radius 2 is 2.00 bits per heavy atom. The molecule has 0 aliphatic heterocycles. The van der Waals surface area contributed by atoms with Gasteiger partial charge in [0.2, 0.25) is 0 Å². The molecule has 0 unspecified atom stereocenters. The van der Waals surface area contributed by atoms with E-state index in [1.165, 1.54) is 0 Å². The Balaban J connectivity index is 2.91. The summed E-state index contributed by atoms with van der Waals surface area (Å²) in [6, 6.07) is 3.60. The molecular weight excluding hydrogens is 266 g/mol. The second-order valence-corrected chi connectivity index (χ2v) is 4.74. The molecule has 0 radical (unpaired) electrons. The summed E-state index contributed by atoms with van der Waals surface area (Å²) in [7, 11) is 0. The van der Waals surface area contributed by atoms with Crippen LogP contribution in [0.5, 0.6) is 5.75 Å². The first kappa shape index (κ1) is 14.0. The van der Waals surface area contributed by atoms with Gasteiger partial charge in [0.05, 0.1) is 11.6 Å². The number of halogens is 3. The molecule has 0 saturated heterocycles. The SMILES string of the molecule is CCCOc1c(Cl)cc(Cl)cc1CCCCl. The lowest BCUT2D eigenvalue weighted by atomic mass is 10.1. The molecule has 0 spiro atoms. The van der Waals surface area contributed by atoms with Crippen LogP contribution in [0.3, 0.4) is 0 Å². The maximum absolute atomic E-state index is 6.11. The van der Waals surface area contributed by atoms with Gasteiger partial charge < -0.3 is 4.74 Å². The molecule has 0 bridgehead atoms. The molecule has 4 heteroatoms. The Bertz CT molecular complexity index is 339. The van der Waals surface area contributed by atoms with Crippen LogP contribution < -0.4 is 4.74 Å². The van der Waals surface area contributed by atoms with Crippen LogP contribution in [0.25, 0.3) is 0 Å². The lowest BCUT2D eigenvalue weighted by Gasteiger charge is -2.13. The molecule has 0 aromatic heterocycles. The minimum atomic E-state index is 0.575. The van der Waals surface area contributed by atoms with Crippen LogP contribution in [0.4, 0.5) is 0 Å². The molecule has 0 fully saturated rings. The quantitative estimate of drug-likeness (QED) is 0.670. The minimum Gasteiger partial charge on any atom is -0.492 e. The van der Waals surface area contributed by atoms with Gasteiger partial charge in [-0.3, -0.25) is 0 Å². The lowest BCUT2D eigenvalue weighted by Crippen LogP contribution is -2.00. The van der Waals surface area contributed by atoms with Crippen molar-refractivity contribution in [1.82, 2.24) is 0 Å². The third-order valence-electron chi connectivity index (χ3n) is 2.12. The molecule has 0 aliphatic rings. The highest BCUT2D eigenvalue weighted by molar-refractivity contribution is 6.35. The van der Waals surface area contributed by atoms with Crippen molar-refractivity contribution in [3.05, 3.63) is 27.7 Å². The topological polar surface area (TPSA) is 9.23 Å². The Hall–Kier alpha value is -0.110. The summed E-state index contributed by atoms with van der Waals surface area (Å²) >= 11 is 17.7. The summed E-state index contributed by atoms with van der Waals surface area (Å²) in [6.45, 7) is 2.72. The van der Waals surface area contributed by atoms with Crippen LogP contribution in [0.1, 0.15) is 25.3 Å². The maximum atomic E-state index is 6.11. The van der Waals surface area contributed by atoms with E-state index in [4.69, 9.17) is 39.5 Å². The number of ether oxygens (including phenoxy) is 1. The molecule has 0 atom stereocenters. The van der Waals surface area contributed by atoms with Crippen molar-refractivity contribution in [3.8, 4) is 5.75 Å². The van der Waals surface area contributed by atoms with Gasteiger partial charge in [-0.25, -0.2) is 0 Å². The molecule has 16 heavy (non-hydrogen) atoms. The van der Waals surface area contributed by atoms with E-state index in [-0.39, 0.29) is 0 Å². The summed E-state index contributed by atoms with van der Waals surface area (Å²) in [6.07, 6.45) is 2.68. The smallest absolute Gasteiger partial charge is 0.141 e. The van der Waals surface area contributed by atoms with Crippen molar-refractivity contribution in [2.75, 3.05) is 12.5 Å². The van der Waals surface area contributed by atoms with Crippen molar-refractivity contribution in [1.29, 1.82) is 0 Å². The molecule has 1 nitrogen and oxygen atoms in total. The number of aryl methyl sites for hydroxylation is 1. The van der Waals surface area contributed by atoms with Gasteiger partial charge in [-0.15, -0.1) is 11.6 Å². The first-order chi connectivity index (χ1) is 7.69. The number of benzene rings is 1. The molecule has 0 saturated carbocycles. The Morgan fingerprint density at radius 3 is 2.62 bits per heavy atom. The normalized spacial score (nSPS) is 10.5. The third kappa shape index (κ3) is 4.04. The van der Waals surface area contributed by atoms with Crippen LogP contribution in [-0.4, -0.2) is 12.5 Å². The zero-order valence-corrected chi connectivity index (χ0v) is 11.5. The second kappa shape index (κ2) is 7.26. The number of hydrogen-bond acceptors (Lipinski definition) is 1. The molecule has 90 valence electrons. The van der Waals surface area contributed by atoms with E-state index in [0.717, 1.165) is 30.6 Å². The Labute approximate surface area is 112 Å². The van der Waals surface area contributed by atoms with E-state index in [9.17, 15) is 0 Å². The fourth-order valence-corrected chi connectivity index (χ4v) is 2.15. The first-order valence-electron chi connectivity index (χ1n) is 5.35. The van der Waals surface area contributed by atoms with Gasteiger partial charge in [-0.2, -0.15) is 0 Å². The summed E-state index contributed by atoms with van der Waals surface area (Å²) < 4.78 is 5.64. The van der Waals surface area contributed by atoms with Gasteiger partial charge in [-0.1, -0.05) is 30.1 Å².